The average molecular weight is 279 g/mol. The number of unbranched alkanes of at least 4 members (excludes halogenated alkanes) is 2. The second kappa shape index (κ2) is 6.61. The summed E-state index contributed by atoms with van der Waals surface area (Å²) in [4.78, 5) is 13.8. The molecule has 1 heterocycles. The summed E-state index contributed by atoms with van der Waals surface area (Å²) >= 11 is 0. The lowest BCUT2D eigenvalue weighted by molar-refractivity contribution is -0.121. The van der Waals surface area contributed by atoms with Crippen LogP contribution in [-0.2, 0) is 11.4 Å². The Morgan fingerprint density at radius 2 is 2.20 bits per heavy atom. The van der Waals surface area contributed by atoms with Crippen molar-refractivity contribution in [3.8, 4) is 11.5 Å². The number of carbonyl (C=O) groups is 1. The van der Waals surface area contributed by atoms with E-state index in [1.54, 1.807) is 24.1 Å². The maximum Gasteiger partial charge on any atom is 0.265 e. The quantitative estimate of drug-likeness (QED) is 0.810. The van der Waals surface area contributed by atoms with E-state index < -0.39 is 0 Å². The van der Waals surface area contributed by atoms with Crippen molar-refractivity contribution in [2.75, 3.05) is 25.2 Å². The van der Waals surface area contributed by atoms with Crippen LogP contribution in [0.4, 0.5) is 5.69 Å². The Morgan fingerprint density at radius 1 is 1.40 bits per heavy atom. The van der Waals surface area contributed by atoms with Gasteiger partial charge in [-0.15, -0.1) is 0 Å². The van der Waals surface area contributed by atoms with Gasteiger partial charge in [-0.25, -0.2) is 0 Å². The van der Waals surface area contributed by atoms with E-state index in [1.165, 1.54) is 0 Å². The van der Waals surface area contributed by atoms with Gasteiger partial charge >= 0.3 is 0 Å². The molecule has 20 heavy (non-hydrogen) atoms. The van der Waals surface area contributed by atoms with Gasteiger partial charge in [-0.05, 0) is 24.1 Å². The molecule has 0 spiro atoms. The molecule has 0 radical (unpaired) electrons. The fraction of sp³-hybridized carbons (Fsp3) is 0.533. The number of anilines is 1. The van der Waals surface area contributed by atoms with Crippen LogP contribution in [0.1, 0.15) is 31.7 Å². The van der Waals surface area contributed by atoms with Crippen LogP contribution in [0.5, 0.6) is 11.5 Å². The number of rotatable bonds is 6. The third kappa shape index (κ3) is 2.88. The van der Waals surface area contributed by atoms with Crippen molar-refractivity contribution in [1.29, 1.82) is 0 Å². The maximum absolute atomic E-state index is 12.0. The molecular weight excluding hydrogens is 258 g/mol. The monoisotopic (exact) mass is 279 g/mol. The topological polar surface area (TPSA) is 59.0 Å². The zero-order valence-electron chi connectivity index (χ0n) is 12.0. The highest BCUT2D eigenvalue weighted by Gasteiger charge is 2.28. The van der Waals surface area contributed by atoms with Crippen LogP contribution in [0.2, 0.25) is 0 Å². The van der Waals surface area contributed by atoms with Gasteiger partial charge in [-0.2, -0.15) is 0 Å². The number of methoxy groups -OCH3 is 1. The highest BCUT2D eigenvalue weighted by Crippen LogP contribution is 2.41. The number of aliphatic hydroxyl groups is 1. The van der Waals surface area contributed by atoms with Crippen molar-refractivity contribution in [1.82, 2.24) is 0 Å². The molecule has 1 aliphatic heterocycles. The molecule has 1 aliphatic rings. The normalized spacial score (nSPS) is 13.9. The molecule has 0 unspecified atom stereocenters. The van der Waals surface area contributed by atoms with E-state index >= 15 is 0 Å². The van der Waals surface area contributed by atoms with Gasteiger partial charge in [0.05, 0.1) is 19.4 Å². The Balaban J connectivity index is 2.35. The molecule has 0 fully saturated rings. The lowest BCUT2D eigenvalue weighted by Crippen LogP contribution is -2.39. The minimum atomic E-state index is -0.0966. The molecule has 2 rings (SSSR count). The van der Waals surface area contributed by atoms with Gasteiger partial charge in [0.25, 0.3) is 5.91 Å². The second-order valence-electron chi connectivity index (χ2n) is 4.85. The molecule has 0 aromatic heterocycles. The lowest BCUT2D eigenvalue weighted by Gasteiger charge is -2.30. The molecule has 1 aromatic carbocycles. The molecule has 0 bridgehead atoms. The smallest absolute Gasteiger partial charge is 0.265 e. The molecule has 110 valence electrons. The summed E-state index contributed by atoms with van der Waals surface area (Å²) in [5, 5.41) is 9.33. The third-order valence-corrected chi connectivity index (χ3v) is 3.41. The van der Waals surface area contributed by atoms with E-state index in [1.807, 2.05) is 0 Å². The first kappa shape index (κ1) is 14.7. The fourth-order valence-electron chi connectivity index (χ4n) is 2.34. The summed E-state index contributed by atoms with van der Waals surface area (Å²) in [5.41, 5.74) is 1.40. The summed E-state index contributed by atoms with van der Waals surface area (Å²) in [7, 11) is 1.55. The van der Waals surface area contributed by atoms with E-state index in [2.05, 4.69) is 6.92 Å². The van der Waals surface area contributed by atoms with Crippen LogP contribution in [0.25, 0.3) is 0 Å². The van der Waals surface area contributed by atoms with Crippen LogP contribution < -0.4 is 14.4 Å². The number of ether oxygens (including phenoxy) is 2. The Labute approximate surface area is 119 Å². The number of aliphatic hydroxyl groups excluding tert-OH is 1. The summed E-state index contributed by atoms with van der Waals surface area (Å²) in [6, 6.07) is 3.53. The molecule has 0 atom stereocenters. The lowest BCUT2D eigenvalue weighted by atomic mass is 10.1. The van der Waals surface area contributed by atoms with Gasteiger partial charge < -0.3 is 19.5 Å². The first-order valence-corrected chi connectivity index (χ1v) is 6.96. The number of amides is 1. The molecular formula is C15H21NO4. The Bertz CT molecular complexity index is 487. The van der Waals surface area contributed by atoms with Crippen LogP contribution >= 0.6 is 0 Å². The van der Waals surface area contributed by atoms with Crippen molar-refractivity contribution in [3.05, 3.63) is 17.7 Å². The molecule has 5 heteroatoms. The van der Waals surface area contributed by atoms with Crippen LogP contribution in [0, 0.1) is 0 Å². The van der Waals surface area contributed by atoms with E-state index in [9.17, 15) is 9.90 Å². The Morgan fingerprint density at radius 3 is 2.85 bits per heavy atom. The van der Waals surface area contributed by atoms with Crippen molar-refractivity contribution in [2.45, 2.75) is 32.8 Å². The van der Waals surface area contributed by atoms with Gasteiger partial charge in [0.2, 0.25) is 0 Å². The van der Waals surface area contributed by atoms with Crippen LogP contribution in [0.3, 0.4) is 0 Å². The maximum atomic E-state index is 12.0. The first-order valence-electron chi connectivity index (χ1n) is 6.96. The number of hydrogen-bond acceptors (Lipinski definition) is 4. The zero-order valence-corrected chi connectivity index (χ0v) is 12.0. The number of benzene rings is 1. The first-order chi connectivity index (χ1) is 9.71. The van der Waals surface area contributed by atoms with Gasteiger partial charge in [-0.3, -0.25) is 4.79 Å². The predicted octanol–water partition coefficient (Wildman–Crippen LogP) is 2.10. The van der Waals surface area contributed by atoms with Gasteiger partial charge in [-0.1, -0.05) is 19.8 Å². The zero-order chi connectivity index (χ0) is 14.5. The standard InChI is InChI=1S/C15H21NO4/c1-3-4-5-6-16-12-7-11(9-17)8-13(19-2)15(12)20-10-14(16)18/h7-8,17H,3-6,9-10H2,1-2H3. The van der Waals surface area contributed by atoms with Crippen LogP contribution in [-0.4, -0.2) is 31.3 Å². The second-order valence-corrected chi connectivity index (χ2v) is 4.85. The summed E-state index contributed by atoms with van der Waals surface area (Å²) in [6.45, 7) is 2.73. The predicted molar refractivity (Wildman–Crippen MR) is 76.3 cm³/mol. The third-order valence-electron chi connectivity index (χ3n) is 3.41. The molecule has 1 N–H and O–H groups in total. The number of fused-ring (bicyclic) bond motifs is 1. The molecule has 0 saturated carbocycles. The van der Waals surface area contributed by atoms with E-state index in [0.29, 0.717) is 29.3 Å². The van der Waals surface area contributed by atoms with Crippen LogP contribution in [0.15, 0.2) is 12.1 Å². The number of hydrogen-bond donors (Lipinski definition) is 1. The molecule has 1 amide bonds. The van der Waals surface area contributed by atoms with Gasteiger partial charge in [0, 0.05) is 6.54 Å². The van der Waals surface area contributed by atoms with Crippen molar-refractivity contribution >= 4 is 11.6 Å². The highest BCUT2D eigenvalue weighted by atomic mass is 16.5. The number of carbonyl (C=O) groups excluding carboxylic acids is 1. The minimum Gasteiger partial charge on any atom is -0.493 e. The van der Waals surface area contributed by atoms with E-state index in [-0.39, 0.29) is 19.1 Å². The highest BCUT2D eigenvalue weighted by molar-refractivity contribution is 5.98. The van der Waals surface area contributed by atoms with Crippen molar-refractivity contribution in [3.63, 3.8) is 0 Å². The Kier molecular flexibility index (Phi) is 4.84. The SMILES string of the molecule is CCCCCN1C(=O)COc2c(OC)cc(CO)cc21. The summed E-state index contributed by atoms with van der Waals surface area (Å²) in [5.74, 6) is 1.09. The van der Waals surface area contributed by atoms with Gasteiger partial charge in [0.15, 0.2) is 18.1 Å². The summed E-state index contributed by atoms with van der Waals surface area (Å²) < 4.78 is 10.8. The molecule has 1 aromatic rings. The molecule has 0 aliphatic carbocycles. The average Bonchev–Trinajstić information content (AvgIpc) is 2.48. The van der Waals surface area contributed by atoms with Gasteiger partial charge in [0.1, 0.15) is 0 Å². The summed E-state index contributed by atoms with van der Waals surface area (Å²) in [6.07, 6.45) is 3.13. The number of nitrogens with zero attached hydrogens (tertiary/aromatic N) is 1. The van der Waals surface area contributed by atoms with E-state index in [0.717, 1.165) is 19.3 Å². The molecule has 0 saturated heterocycles. The minimum absolute atomic E-state index is 0.0357. The Hall–Kier alpha value is -1.75. The van der Waals surface area contributed by atoms with Crippen molar-refractivity contribution < 1.29 is 19.4 Å². The largest absolute Gasteiger partial charge is 0.493 e. The van der Waals surface area contributed by atoms with E-state index in [4.69, 9.17) is 9.47 Å². The molecule has 5 nitrogen and oxygen atoms in total. The fourth-order valence-corrected chi connectivity index (χ4v) is 2.34. The van der Waals surface area contributed by atoms with Crippen molar-refractivity contribution in [2.24, 2.45) is 0 Å².